The van der Waals surface area contributed by atoms with Gasteiger partial charge in [-0.2, -0.15) is 0 Å². The van der Waals surface area contributed by atoms with Gasteiger partial charge in [0.2, 0.25) is 0 Å². The fourth-order valence-corrected chi connectivity index (χ4v) is 3.15. The standard InChI is InChI=1S/C16H21F2N3O/c17-16(18)8-3-4-11(16)10-20-15(19)21-13-7-9-22-14-6-2-1-5-12(13)14/h1-2,5-6,11,13H,3-4,7-10H2,(H3,19,20,21). The van der Waals surface area contributed by atoms with E-state index >= 15 is 0 Å². The monoisotopic (exact) mass is 309 g/mol. The van der Waals surface area contributed by atoms with Crippen molar-refractivity contribution in [3.05, 3.63) is 29.8 Å². The molecule has 1 fully saturated rings. The quantitative estimate of drug-likeness (QED) is 0.667. The first-order valence-corrected chi connectivity index (χ1v) is 7.72. The molecular formula is C16H21F2N3O. The second-order valence-electron chi connectivity index (χ2n) is 5.95. The van der Waals surface area contributed by atoms with Gasteiger partial charge in [-0.05, 0) is 18.9 Å². The molecule has 0 bridgehead atoms. The molecule has 3 rings (SSSR count). The van der Waals surface area contributed by atoms with Crippen molar-refractivity contribution in [2.24, 2.45) is 16.6 Å². The normalized spacial score (nSPS) is 27.1. The molecular weight excluding hydrogens is 288 g/mol. The van der Waals surface area contributed by atoms with Crippen molar-refractivity contribution in [1.82, 2.24) is 5.32 Å². The summed E-state index contributed by atoms with van der Waals surface area (Å²) in [6, 6.07) is 7.76. The highest BCUT2D eigenvalue weighted by Gasteiger charge is 2.43. The third-order valence-corrected chi connectivity index (χ3v) is 4.42. The van der Waals surface area contributed by atoms with Crippen LogP contribution in [0.25, 0.3) is 0 Å². The van der Waals surface area contributed by atoms with Crippen molar-refractivity contribution in [2.75, 3.05) is 13.2 Å². The SMILES string of the molecule is NC(=NCC1CCCC1(F)F)NC1CCOc2ccccc21. The van der Waals surface area contributed by atoms with Gasteiger partial charge in [-0.15, -0.1) is 0 Å². The predicted octanol–water partition coefficient (Wildman–Crippen LogP) is 2.85. The Morgan fingerprint density at radius 1 is 1.36 bits per heavy atom. The van der Waals surface area contributed by atoms with Gasteiger partial charge in [0, 0.05) is 24.3 Å². The number of guanidine groups is 1. The van der Waals surface area contributed by atoms with E-state index in [-0.39, 0.29) is 25.0 Å². The molecule has 1 aromatic carbocycles. The maximum atomic E-state index is 13.6. The van der Waals surface area contributed by atoms with E-state index in [0.717, 1.165) is 17.7 Å². The Bertz CT molecular complexity index is 562. The van der Waals surface area contributed by atoms with E-state index < -0.39 is 11.8 Å². The molecule has 2 unspecified atom stereocenters. The van der Waals surface area contributed by atoms with Gasteiger partial charge in [0.15, 0.2) is 5.96 Å². The maximum Gasteiger partial charge on any atom is 0.252 e. The van der Waals surface area contributed by atoms with Crippen LogP contribution >= 0.6 is 0 Å². The number of benzene rings is 1. The Labute approximate surface area is 128 Å². The van der Waals surface area contributed by atoms with Crippen LogP contribution in [0.15, 0.2) is 29.3 Å². The minimum Gasteiger partial charge on any atom is -0.493 e. The van der Waals surface area contributed by atoms with Gasteiger partial charge in [0.25, 0.3) is 5.92 Å². The predicted molar refractivity (Wildman–Crippen MR) is 81.2 cm³/mol. The third-order valence-electron chi connectivity index (χ3n) is 4.42. The van der Waals surface area contributed by atoms with E-state index in [1.807, 2.05) is 24.3 Å². The molecule has 0 saturated heterocycles. The number of aliphatic imine (C=N–C) groups is 1. The van der Waals surface area contributed by atoms with Crippen LogP contribution in [0.1, 0.15) is 37.3 Å². The first kappa shape index (κ1) is 15.1. The summed E-state index contributed by atoms with van der Waals surface area (Å²) in [5, 5.41) is 3.13. The van der Waals surface area contributed by atoms with Crippen LogP contribution in [0.3, 0.4) is 0 Å². The van der Waals surface area contributed by atoms with E-state index in [1.54, 1.807) is 0 Å². The second kappa shape index (κ2) is 6.10. The summed E-state index contributed by atoms with van der Waals surface area (Å²) in [6.45, 7) is 0.680. The van der Waals surface area contributed by atoms with Crippen LogP contribution in [0.2, 0.25) is 0 Å². The average molecular weight is 309 g/mol. The fourth-order valence-electron chi connectivity index (χ4n) is 3.15. The lowest BCUT2D eigenvalue weighted by Gasteiger charge is -2.27. The second-order valence-corrected chi connectivity index (χ2v) is 5.95. The lowest BCUT2D eigenvalue weighted by Crippen LogP contribution is -2.38. The molecule has 1 aliphatic heterocycles. The molecule has 2 aliphatic rings. The van der Waals surface area contributed by atoms with Crippen LogP contribution in [0, 0.1) is 5.92 Å². The summed E-state index contributed by atoms with van der Waals surface area (Å²) in [7, 11) is 0. The first-order valence-electron chi connectivity index (χ1n) is 7.72. The summed E-state index contributed by atoms with van der Waals surface area (Å²) in [6.07, 6.45) is 1.82. The lowest BCUT2D eigenvalue weighted by molar-refractivity contribution is -0.0330. The number of nitrogens with one attached hydrogen (secondary N) is 1. The van der Waals surface area contributed by atoms with E-state index in [2.05, 4.69) is 10.3 Å². The lowest BCUT2D eigenvalue weighted by atomic mass is 10.0. The number of hydrogen-bond donors (Lipinski definition) is 2. The number of rotatable bonds is 3. The van der Waals surface area contributed by atoms with Gasteiger partial charge in [0.05, 0.1) is 19.2 Å². The number of nitrogens with two attached hydrogens (primary N) is 1. The molecule has 0 spiro atoms. The number of halogens is 2. The first-order chi connectivity index (χ1) is 10.6. The van der Waals surface area contributed by atoms with Crippen molar-refractivity contribution in [3.63, 3.8) is 0 Å². The number of para-hydroxylation sites is 1. The van der Waals surface area contributed by atoms with Gasteiger partial charge >= 0.3 is 0 Å². The van der Waals surface area contributed by atoms with E-state index in [4.69, 9.17) is 10.5 Å². The van der Waals surface area contributed by atoms with Gasteiger partial charge in [-0.25, -0.2) is 8.78 Å². The molecule has 2 atom stereocenters. The minimum absolute atomic E-state index is 0.0118. The van der Waals surface area contributed by atoms with Crippen molar-refractivity contribution in [2.45, 2.75) is 37.6 Å². The Hall–Kier alpha value is -1.85. The Morgan fingerprint density at radius 2 is 2.18 bits per heavy atom. The third kappa shape index (κ3) is 3.15. The Kier molecular flexibility index (Phi) is 4.18. The summed E-state index contributed by atoms with van der Waals surface area (Å²) in [5.74, 6) is -2.23. The molecule has 1 saturated carbocycles. The van der Waals surface area contributed by atoms with E-state index in [9.17, 15) is 8.78 Å². The van der Waals surface area contributed by atoms with Crippen LogP contribution < -0.4 is 15.8 Å². The van der Waals surface area contributed by atoms with Gasteiger partial charge < -0.3 is 15.8 Å². The highest BCUT2D eigenvalue weighted by atomic mass is 19.3. The van der Waals surface area contributed by atoms with Gasteiger partial charge in [0.1, 0.15) is 5.75 Å². The number of fused-ring (bicyclic) bond motifs is 1. The summed E-state index contributed by atoms with van der Waals surface area (Å²) >= 11 is 0. The Balaban J connectivity index is 1.63. The Morgan fingerprint density at radius 3 is 2.95 bits per heavy atom. The van der Waals surface area contributed by atoms with Crippen LogP contribution in [-0.4, -0.2) is 25.0 Å². The minimum atomic E-state index is -2.60. The van der Waals surface area contributed by atoms with Gasteiger partial charge in [-0.1, -0.05) is 18.2 Å². The van der Waals surface area contributed by atoms with Gasteiger partial charge in [-0.3, -0.25) is 4.99 Å². The van der Waals surface area contributed by atoms with E-state index in [0.29, 0.717) is 19.4 Å². The summed E-state index contributed by atoms with van der Waals surface area (Å²) in [5.41, 5.74) is 6.91. The number of nitrogens with zero attached hydrogens (tertiary/aromatic N) is 1. The van der Waals surface area contributed by atoms with Crippen molar-refractivity contribution < 1.29 is 13.5 Å². The maximum absolute atomic E-state index is 13.6. The highest BCUT2D eigenvalue weighted by Crippen LogP contribution is 2.40. The topological polar surface area (TPSA) is 59.6 Å². The summed E-state index contributed by atoms with van der Waals surface area (Å²) < 4.78 is 32.7. The molecule has 1 aromatic rings. The smallest absolute Gasteiger partial charge is 0.252 e. The molecule has 0 amide bonds. The largest absolute Gasteiger partial charge is 0.493 e. The molecule has 4 nitrogen and oxygen atoms in total. The highest BCUT2D eigenvalue weighted by molar-refractivity contribution is 5.78. The molecule has 6 heteroatoms. The molecule has 0 radical (unpaired) electrons. The molecule has 0 aromatic heterocycles. The molecule has 120 valence electrons. The zero-order valence-electron chi connectivity index (χ0n) is 12.4. The van der Waals surface area contributed by atoms with E-state index in [1.165, 1.54) is 0 Å². The average Bonchev–Trinajstić information content (AvgIpc) is 2.84. The van der Waals surface area contributed by atoms with Crippen molar-refractivity contribution in [1.29, 1.82) is 0 Å². The number of ether oxygens (including phenoxy) is 1. The molecule has 3 N–H and O–H groups in total. The zero-order valence-corrected chi connectivity index (χ0v) is 12.4. The van der Waals surface area contributed by atoms with Crippen molar-refractivity contribution >= 4 is 5.96 Å². The zero-order chi connectivity index (χ0) is 15.6. The number of hydrogen-bond acceptors (Lipinski definition) is 2. The molecule has 22 heavy (non-hydrogen) atoms. The summed E-state index contributed by atoms with van der Waals surface area (Å²) in [4.78, 5) is 4.13. The fraction of sp³-hybridized carbons (Fsp3) is 0.562. The van der Waals surface area contributed by atoms with Crippen molar-refractivity contribution in [3.8, 4) is 5.75 Å². The molecule has 1 aliphatic carbocycles. The van der Waals surface area contributed by atoms with Crippen LogP contribution in [0.5, 0.6) is 5.75 Å². The van der Waals surface area contributed by atoms with Crippen LogP contribution in [0.4, 0.5) is 8.78 Å². The molecule has 1 heterocycles. The number of alkyl halides is 2. The van der Waals surface area contributed by atoms with Crippen LogP contribution in [-0.2, 0) is 0 Å².